The Morgan fingerprint density at radius 1 is 0.935 bits per heavy atom. The van der Waals surface area contributed by atoms with Crippen molar-refractivity contribution in [1.29, 1.82) is 0 Å². The first-order valence-electron chi connectivity index (χ1n) is 12.7. The molecular weight excluding hydrogens is 384 g/mol. The van der Waals surface area contributed by atoms with Gasteiger partial charge in [-0.15, -0.1) is 0 Å². The number of hydrogen-bond acceptors (Lipinski definition) is 2. The van der Waals surface area contributed by atoms with Crippen LogP contribution in [0.15, 0.2) is 24.4 Å². The van der Waals surface area contributed by atoms with Crippen molar-refractivity contribution in [3.8, 4) is 0 Å². The summed E-state index contributed by atoms with van der Waals surface area (Å²) in [5.41, 5.74) is 3.50. The van der Waals surface area contributed by atoms with E-state index in [0.29, 0.717) is 12.0 Å². The summed E-state index contributed by atoms with van der Waals surface area (Å²) in [7, 11) is 0. The molecule has 3 heterocycles. The highest BCUT2D eigenvalue weighted by atomic mass is 16.2. The van der Waals surface area contributed by atoms with Gasteiger partial charge in [0.05, 0.1) is 0 Å². The van der Waals surface area contributed by atoms with Crippen molar-refractivity contribution in [3.63, 3.8) is 0 Å². The van der Waals surface area contributed by atoms with Gasteiger partial charge in [0.25, 0.3) is 0 Å². The largest absolute Gasteiger partial charge is 0.361 e. The lowest BCUT2D eigenvalue weighted by atomic mass is 9.82. The van der Waals surface area contributed by atoms with Crippen LogP contribution >= 0.6 is 0 Å². The second-order valence-electron chi connectivity index (χ2n) is 10.1. The van der Waals surface area contributed by atoms with Crippen LogP contribution in [0.4, 0.5) is 10.5 Å². The smallest absolute Gasteiger partial charge is 0.319 e. The van der Waals surface area contributed by atoms with Crippen molar-refractivity contribution in [1.82, 2.24) is 15.2 Å². The predicted molar refractivity (Wildman–Crippen MR) is 128 cm³/mol. The number of carbonyl (C=O) groups excluding carboxylic acids is 1. The van der Waals surface area contributed by atoms with Crippen LogP contribution in [-0.4, -0.2) is 41.1 Å². The van der Waals surface area contributed by atoms with Crippen molar-refractivity contribution < 1.29 is 4.79 Å². The molecule has 1 saturated carbocycles. The zero-order valence-electron chi connectivity index (χ0n) is 18.8. The van der Waals surface area contributed by atoms with Gasteiger partial charge < -0.3 is 20.5 Å². The summed E-state index contributed by atoms with van der Waals surface area (Å²) in [6.07, 6.45) is 17.4. The fourth-order valence-corrected chi connectivity index (χ4v) is 6.18. The van der Waals surface area contributed by atoms with Crippen LogP contribution in [0.25, 0.3) is 10.9 Å². The number of urea groups is 1. The third kappa shape index (κ3) is 4.92. The molecule has 0 spiro atoms. The molecule has 1 aromatic carbocycles. The molecule has 3 aliphatic rings. The predicted octanol–water partition coefficient (Wildman–Crippen LogP) is 6.13. The number of fused-ring (bicyclic) bond motifs is 2. The third-order valence-electron chi connectivity index (χ3n) is 7.92. The molecule has 168 valence electrons. The number of aromatic amines is 1. The Bertz CT molecular complexity index is 883. The van der Waals surface area contributed by atoms with Crippen molar-refractivity contribution in [3.05, 3.63) is 30.0 Å². The molecule has 2 saturated heterocycles. The van der Waals surface area contributed by atoms with Crippen LogP contribution in [0, 0.1) is 0 Å². The minimum atomic E-state index is -0.0578. The van der Waals surface area contributed by atoms with Gasteiger partial charge in [-0.3, -0.25) is 0 Å². The Morgan fingerprint density at radius 3 is 2.61 bits per heavy atom. The van der Waals surface area contributed by atoms with E-state index in [0.717, 1.165) is 24.6 Å². The standard InChI is InChI=1S/C26H38N4O/c31-26(28-20-8-4-2-1-3-5-9-20)29-21-11-12-25-23(17-21)24(18-27-25)19-13-15-30-14-7-6-10-22(30)16-19/h11-12,17-20,22,27H,1-10,13-16H2,(H2,28,29,31). The lowest BCUT2D eigenvalue weighted by molar-refractivity contribution is 0.0977. The van der Waals surface area contributed by atoms with Gasteiger partial charge in [0.1, 0.15) is 0 Å². The number of aromatic nitrogens is 1. The van der Waals surface area contributed by atoms with E-state index in [2.05, 4.69) is 38.8 Å². The minimum Gasteiger partial charge on any atom is -0.361 e. The Hall–Kier alpha value is -2.01. The van der Waals surface area contributed by atoms with Crippen molar-refractivity contribution >= 4 is 22.6 Å². The van der Waals surface area contributed by atoms with E-state index < -0.39 is 0 Å². The Kier molecular flexibility index (Phi) is 6.49. The number of H-pyrrole nitrogens is 1. The maximum absolute atomic E-state index is 12.7. The van der Waals surface area contributed by atoms with Crippen LogP contribution < -0.4 is 10.6 Å². The molecule has 0 radical (unpaired) electrons. The van der Waals surface area contributed by atoms with Gasteiger partial charge in [-0.1, -0.05) is 38.5 Å². The summed E-state index contributed by atoms with van der Waals surface area (Å²) in [6, 6.07) is 7.31. The molecule has 3 fully saturated rings. The van der Waals surface area contributed by atoms with E-state index in [9.17, 15) is 4.79 Å². The van der Waals surface area contributed by atoms with Crippen molar-refractivity contribution in [2.45, 2.75) is 95.1 Å². The summed E-state index contributed by atoms with van der Waals surface area (Å²) in [5.74, 6) is 0.618. The molecule has 5 nitrogen and oxygen atoms in total. The molecule has 5 heteroatoms. The number of piperidine rings is 2. The highest BCUT2D eigenvalue weighted by Crippen LogP contribution is 2.38. The second kappa shape index (κ2) is 9.64. The molecule has 2 unspecified atom stereocenters. The highest BCUT2D eigenvalue weighted by molar-refractivity contribution is 5.94. The van der Waals surface area contributed by atoms with Crippen LogP contribution in [0.3, 0.4) is 0 Å². The Labute approximate surface area is 186 Å². The molecule has 2 aliphatic heterocycles. The van der Waals surface area contributed by atoms with Crippen LogP contribution in [0.5, 0.6) is 0 Å². The normalized spacial score (nSPS) is 26.1. The lowest BCUT2D eigenvalue weighted by Crippen LogP contribution is -2.44. The molecule has 3 N–H and O–H groups in total. The third-order valence-corrected chi connectivity index (χ3v) is 7.92. The first-order chi connectivity index (χ1) is 15.3. The molecule has 2 atom stereocenters. The van der Waals surface area contributed by atoms with Crippen LogP contribution in [-0.2, 0) is 0 Å². The monoisotopic (exact) mass is 422 g/mol. The van der Waals surface area contributed by atoms with E-state index >= 15 is 0 Å². The number of hydrogen-bond donors (Lipinski definition) is 3. The van der Waals surface area contributed by atoms with E-state index in [4.69, 9.17) is 0 Å². The van der Waals surface area contributed by atoms with Crippen molar-refractivity contribution in [2.24, 2.45) is 0 Å². The van der Waals surface area contributed by atoms with Gasteiger partial charge in [-0.2, -0.15) is 0 Å². The molecule has 5 rings (SSSR count). The number of benzene rings is 1. The number of amides is 2. The molecule has 0 bridgehead atoms. The molecule has 1 aliphatic carbocycles. The van der Waals surface area contributed by atoms with E-state index in [1.165, 1.54) is 93.8 Å². The quantitative estimate of drug-likeness (QED) is 0.557. The van der Waals surface area contributed by atoms with Crippen molar-refractivity contribution in [2.75, 3.05) is 18.4 Å². The average molecular weight is 423 g/mol. The van der Waals surface area contributed by atoms with E-state index in [1.807, 2.05) is 6.07 Å². The number of carbonyl (C=O) groups is 1. The number of rotatable bonds is 3. The summed E-state index contributed by atoms with van der Waals surface area (Å²) in [5, 5.41) is 7.61. The fraction of sp³-hybridized carbons (Fsp3) is 0.654. The SMILES string of the molecule is O=C(Nc1ccc2[nH]cc(C3CCN4CCCCC4C3)c2c1)NC1CCCCCCC1. The second-order valence-corrected chi connectivity index (χ2v) is 10.1. The van der Waals surface area contributed by atoms with Gasteiger partial charge >= 0.3 is 6.03 Å². The molecular formula is C26H38N4O. The van der Waals surface area contributed by atoms with Crippen LogP contribution in [0.1, 0.15) is 88.5 Å². The van der Waals surface area contributed by atoms with E-state index in [-0.39, 0.29) is 6.03 Å². The lowest BCUT2D eigenvalue weighted by Gasteiger charge is -2.42. The number of anilines is 1. The van der Waals surface area contributed by atoms with Gasteiger partial charge in [0.2, 0.25) is 0 Å². The maximum Gasteiger partial charge on any atom is 0.319 e. The van der Waals surface area contributed by atoms with E-state index in [1.54, 1.807) is 0 Å². The summed E-state index contributed by atoms with van der Waals surface area (Å²) in [6.45, 7) is 2.51. The zero-order valence-corrected chi connectivity index (χ0v) is 18.8. The Morgan fingerprint density at radius 2 is 1.74 bits per heavy atom. The van der Waals surface area contributed by atoms with Gasteiger partial charge in [0, 0.05) is 34.9 Å². The minimum absolute atomic E-state index is 0.0578. The molecule has 2 amide bonds. The number of nitrogens with zero attached hydrogens (tertiary/aromatic N) is 1. The Balaban J connectivity index is 1.26. The summed E-state index contributed by atoms with van der Waals surface area (Å²) >= 11 is 0. The van der Waals surface area contributed by atoms with Gasteiger partial charge in [-0.05, 0) is 81.3 Å². The van der Waals surface area contributed by atoms with Gasteiger partial charge in [0.15, 0.2) is 0 Å². The average Bonchev–Trinajstić information content (AvgIpc) is 3.18. The van der Waals surface area contributed by atoms with Gasteiger partial charge in [-0.25, -0.2) is 4.79 Å². The molecule has 31 heavy (non-hydrogen) atoms. The first kappa shape index (κ1) is 20.9. The van der Waals surface area contributed by atoms with Crippen LogP contribution in [0.2, 0.25) is 0 Å². The number of nitrogens with one attached hydrogen (secondary N) is 3. The zero-order chi connectivity index (χ0) is 21.0. The molecule has 2 aromatic rings. The maximum atomic E-state index is 12.7. The fourth-order valence-electron chi connectivity index (χ4n) is 6.18. The summed E-state index contributed by atoms with van der Waals surface area (Å²) in [4.78, 5) is 18.8. The molecule has 1 aromatic heterocycles. The first-order valence-corrected chi connectivity index (χ1v) is 12.7. The topological polar surface area (TPSA) is 60.2 Å². The summed E-state index contributed by atoms with van der Waals surface area (Å²) < 4.78 is 0. The highest BCUT2D eigenvalue weighted by Gasteiger charge is 2.31.